The van der Waals surface area contributed by atoms with Gasteiger partial charge < -0.3 is 0 Å². The van der Waals surface area contributed by atoms with Crippen molar-refractivity contribution in [3.8, 4) is 66.8 Å². The van der Waals surface area contributed by atoms with E-state index in [2.05, 4.69) is 75.8 Å². The Hall–Kier alpha value is -4.05. The molecule has 0 nitrogen and oxygen atoms in total. The van der Waals surface area contributed by atoms with Gasteiger partial charge in [0.1, 0.15) is 0 Å². The molecule has 0 atom stereocenters. The molecule has 108 heavy (non-hydrogen) atoms. The van der Waals surface area contributed by atoms with Crippen molar-refractivity contribution in [1.29, 1.82) is 0 Å². The number of thiol groups is 6. The quantitative estimate of drug-likeness (QED) is 0.0532. The van der Waals surface area contributed by atoms with Gasteiger partial charge in [0.05, 0.1) is 101 Å². The Bertz CT molecular complexity index is 6210. The van der Waals surface area contributed by atoms with Gasteiger partial charge in [0.15, 0.2) is 0 Å². The summed E-state index contributed by atoms with van der Waals surface area (Å²) < 4.78 is 233. The van der Waals surface area contributed by atoms with E-state index in [-0.39, 0.29) is 44.1 Å². The van der Waals surface area contributed by atoms with E-state index < -0.39 is 70.4 Å². The van der Waals surface area contributed by atoms with Gasteiger partial charge in [-0.15, -0.1) is 75.8 Å². The third kappa shape index (κ3) is 20.4. The van der Waals surface area contributed by atoms with Crippen molar-refractivity contribution in [2.75, 3.05) is 0 Å². The van der Waals surface area contributed by atoms with Crippen molar-refractivity contribution in [2.24, 2.45) is 0 Å². The lowest BCUT2D eigenvalue weighted by Gasteiger charge is -2.16. The summed E-state index contributed by atoms with van der Waals surface area (Å²) in [5.41, 5.74) is 0.179. The number of hydrogen-bond acceptors (Lipinski definition) is 21. The molecular weight excluding hydrogens is 1840 g/mol. The molecule has 0 radical (unpaired) electrons. The van der Waals surface area contributed by atoms with Crippen LogP contribution in [-0.4, -0.2) is 0 Å². The monoisotopic (exact) mass is 1870 g/mol. The summed E-state index contributed by atoms with van der Waals surface area (Å²) in [6.07, 6.45) is -26.3. The maximum Gasteiger partial charge on any atom is 0.417 e. The minimum absolute atomic E-state index is 0.0350. The van der Waals surface area contributed by atoms with E-state index in [1.165, 1.54) is 78.9 Å². The first-order valence-electron chi connectivity index (χ1n) is 28.5. The number of hydrogen-bond donors (Lipinski definition) is 6. The Morgan fingerprint density at radius 3 is 0.620 bits per heavy atom. The van der Waals surface area contributed by atoms with Gasteiger partial charge in [-0.25, -0.2) is 0 Å². The fourth-order valence-corrected chi connectivity index (χ4v) is 16.5. The zero-order valence-electron chi connectivity index (χ0n) is 52.0. The van der Waals surface area contributed by atoms with E-state index in [0.29, 0.717) is 120 Å². The highest BCUT2D eigenvalue weighted by molar-refractivity contribution is 7.83. The van der Waals surface area contributed by atoms with Crippen LogP contribution in [0.3, 0.4) is 0 Å². The third-order valence-corrected chi connectivity index (χ3v) is 25.8. The van der Waals surface area contributed by atoms with Gasteiger partial charge in [0.25, 0.3) is 0 Å². The van der Waals surface area contributed by atoms with Crippen LogP contribution in [0.2, 0.25) is 0 Å². The van der Waals surface area contributed by atoms with Crippen molar-refractivity contribution in [1.82, 2.24) is 0 Å². The van der Waals surface area contributed by atoms with Crippen LogP contribution in [-0.2, 0) is 37.1 Å². The van der Waals surface area contributed by atoms with Gasteiger partial charge in [-0.05, 0) is 94.0 Å². The Morgan fingerprint density at radius 1 is 0.185 bits per heavy atom. The van der Waals surface area contributed by atoms with Crippen molar-refractivity contribution in [3.63, 3.8) is 0 Å². The topological polar surface area (TPSA) is 0 Å². The lowest BCUT2D eigenvalue weighted by molar-refractivity contribution is -0.138. The highest BCUT2D eigenvalue weighted by Crippen LogP contribution is 2.46. The Balaban J connectivity index is 0.000000181. The molecule has 0 aliphatic heterocycles. The van der Waals surface area contributed by atoms with Gasteiger partial charge in [-0.2, -0.15) is 79.0 Å². The summed E-state index contributed by atoms with van der Waals surface area (Å²) in [6.45, 7) is 0. The molecular formula is C69H30F18S21. The van der Waals surface area contributed by atoms with Crippen LogP contribution in [0, 0.1) is 67.7 Å². The highest BCUT2D eigenvalue weighted by atomic mass is 32.1. The minimum atomic E-state index is -4.47. The lowest BCUT2D eigenvalue weighted by atomic mass is 9.97. The van der Waals surface area contributed by atoms with E-state index in [1.54, 1.807) is 6.07 Å². The molecule has 12 aromatic carbocycles. The largest absolute Gasteiger partial charge is 0.417 e. The summed E-state index contributed by atoms with van der Waals surface area (Å²) in [5.74, 6) is 0. The van der Waals surface area contributed by atoms with Crippen molar-refractivity contribution >= 4 is 259 Å². The second-order valence-electron chi connectivity index (χ2n) is 21.7. The SMILES string of the molecule is FC(F)(F)c1ccc(-c2c(S)c(=S)c(=S)c2=S)cc1.FC(F)(F)c1ccc(-c2c(S)c(=S)c2=S)cc1.FC(F)(F)c1cccc(-c2c(S)c(=S)c(=S)c2=S)c1.FC(F)(F)c1cccc(-c2c(S)c(=S)c2=S)c1.FC(F)(F)c1ccccc1-c1c(S)c(=S)c(=S)c1=S.FC(F)(F)c1ccccc1-c1c(S)c(=S)c1=S. The van der Waals surface area contributed by atoms with Gasteiger partial charge in [0, 0.05) is 62.8 Å². The highest BCUT2D eigenvalue weighted by Gasteiger charge is 2.38. The number of alkyl halides is 18. The molecule has 0 bridgehead atoms. The summed E-state index contributed by atoms with van der Waals surface area (Å²) in [7, 11) is 0. The van der Waals surface area contributed by atoms with E-state index in [4.69, 9.17) is 183 Å². The third-order valence-electron chi connectivity index (χ3n) is 14.9. The molecule has 39 heteroatoms. The molecule has 0 heterocycles. The molecule has 12 aromatic rings. The number of benzene rings is 6. The molecule has 558 valence electrons. The maximum absolute atomic E-state index is 13.0. The predicted octanol–water partition coefficient (Wildman–Crippen LogP) is 32.2. The zero-order valence-corrected chi connectivity index (χ0v) is 69.6. The number of rotatable bonds is 6. The van der Waals surface area contributed by atoms with Crippen LogP contribution in [0.25, 0.3) is 66.8 Å². The molecule has 0 aromatic heterocycles. The van der Waals surface area contributed by atoms with E-state index >= 15 is 0 Å². The second kappa shape index (κ2) is 35.8. The molecule has 0 aliphatic carbocycles. The van der Waals surface area contributed by atoms with Crippen molar-refractivity contribution < 1.29 is 79.0 Å². The average Bonchev–Trinajstić information content (AvgIpc) is 1.38. The average molecular weight is 1870 g/mol. The van der Waals surface area contributed by atoms with Crippen LogP contribution >= 0.6 is 259 Å². The lowest BCUT2D eigenvalue weighted by Crippen LogP contribution is -2.08. The Morgan fingerprint density at radius 2 is 0.398 bits per heavy atom. The summed E-state index contributed by atoms with van der Waals surface area (Å²) >= 11 is 100. The number of halogens is 18. The van der Waals surface area contributed by atoms with Crippen LogP contribution in [0.15, 0.2) is 175 Å². The summed E-state index contributed by atoms with van der Waals surface area (Å²) in [6, 6.07) is 29.8. The van der Waals surface area contributed by atoms with Gasteiger partial charge in [0.2, 0.25) is 0 Å². The van der Waals surface area contributed by atoms with E-state index in [1.807, 2.05) is 0 Å². The maximum atomic E-state index is 13.0. The Kier molecular flexibility index (Phi) is 30.2. The first-order chi connectivity index (χ1) is 49.7. The molecule has 0 amide bonds. The Labute approximate surface area is 709 Å². The zero-order chi connectivity index (χ0) is 81.5. The fraction of sp³-hybridized carbons (Fsp3) is 0.0870. The smallest absolute Gasteiger partial charge is 0.166 e. The normalized spacial score (nSPS) is 11.9. The van der Waals surface area contributed by atoms with Gasteiger partial charge >= 0.3 is 37.1 Å². The first kappa shape index (κ1) is 91.1. The molecule has 0 aliphatic rings. The molecule has 0 N–H and O–H groups in total. The van der Waals surface area contributed by atoms with Gasteiger partial charge in [-0.3, -0.25) is 0 Å². The summed E-state index contributed by atoms with van der Waals surface area (Å²) in [5, 5.41) is 0. The molecule has 0 fully saturated rings. The van der Waals surface area contributed by atoms with Crippen molar-refractivity contribution in [3.05, 3.63) is 247 Å². The molecule has 12 rings (SSSR count). The standard InChI is InChI=1S/3C12H5F3S4.3C11H5F3S3/c13-12(14,15)6-3-1-5(2-4-6)7-8(16)10(18)11(19)9(7)17;13-12(14,15)6-3-1-2-5(4-6)7-8(16)10(18)11(19)9(7)17;13-12(14,15)6-4-2-1-3-5(6)7-8(16)10(18)11(19)9(7)17;12-11(13,14)6-3-1-5(2-4-6)7-8(15)10(17)9(7)16;12-11(13,14)6-3-1-2-5(4-6)7-8(15)10(17)9(7)16;12-11(13,14)6-4-2-1-3-5(6)7-8(15)10(17)9(7)16/h3*1-4,16H;3*1-4,15H. The molecule has 0 unspecified atom stereocenters. The molecule has 0 saturated carbocycles. The first-order valence-corrected chi connectivity index (χ1v) is 37.3. The van der Waals surface area contributed by atoms with Crippen LogP contribution in [0.5, 0.6) is 0 Å². The summed E-state index contributed by atoms with van der Waals surface area (Å²) in [4.78, 5) is 2.48. The fourth-order valence-electron chi connectivity index (χ4n) is 9.60. The van der Waals surface area contributed by atoms with Crippen LogP contribution in [0.4, 0.5) is 79.0 Å². The minimum Gasteiger partial charge on any atom is -0.166 e. The van der Waals surface area contributed by atoms with E-state index in [0.717, 1.165) is 60.7 Å². The van der Waals surface area contributed by atoms with Crippen LogP contribution < -0.4 is 0 Å². The second-order valence-corrected chi connectivity index (χ2v) is 30.5. The van der Waals surface area contributed by atoms with Gasteiger partial charge in [-0.1, -0.05) is 268 Å². The molecule has 0 spiro atoms. The van der Waals surface area contributed by atoms with Crippen molar-refractivity contribution in [2.45, 2.75) is 66.4 Å². The van der Waals surface area contributed by atoms with E-state index in [9.17, 15) is 79.0 Å². The molecule has 0 saturated heterocycles. The predicted molar refractivity (Wildman–Crippen MR) is 442 cm³/mol. The van der Waals surface area contributed by atoms with Crippen LogP contribution in [0.1, 0.15) is 33.4 Å².